The van der Waals surface area contributed by atoms with Gasteiger partial charge in [0, 0.05) is 72.1 Å². The van der Waals surface area contributed by atoms with Crippen molar-refractivity contribution in [1.29, 1.82) is 5.26 Å². The highest BCUT2D eigenvalue weighted by atomic mass is 28.3. The van der Waals surface area contributed by atoms with Crippen molar-refractivity contribution in [2.24, 2.45) is 0 Å². The molecule has 5 aliphatic heterocycles. The first-order chi connectivity index (χ1) is 28.5. The highest BCUT2D eigenvalue weighted by Crippen LogP contribution is 2.46. The minimum Gasteiger partial charge on any atom is -0.508 e. The van der Waals surface area contributed by atoms with Crippen molar-refractivity contribution in [3.05, 3.63) is 52.6 Å². The van der Waals surface area contributed by atoms with E-state index in [4.69, 9.17) is 14.5 Å². The van der Waals surface area contributed by atoms with Crippen molar-refractivity contribution in [1.82, 2.24) is 14.8 Å². The normalized spacial score (nSPS) is 21.4. The number of pyridine rings is 1. The third-order valence-electron chi connectivity index (χ3n) is 14.7. The summed E-state index contributed by atoms with van der Waals surface area (Å²) in [5.41, 5.74) is 9.33. The predicted octanol–water partition coefficient (Wildman–Crippen LogP) is 9.54. The summed E-state index contributed by atoms with van der Waals surface area (Å²) in [6.45, 7) is 24.8. The molecule has 4 fully saturated rings. The maximum absolute atomic E-state index is 13.3. The first-order valence-electron chi connectivity index (χ1n) is 22.7. The number of nitriles is 1. The van der Waals surface area contributed by atoms with E-state index in [1.54, 1.807) is 0 Å². The second-order valence-electron chi connectivity index (χ2n) is 20.3. The molecule has 5 aliphatic rings. The van der Waals surface area contributed by atoms with Crippen molar-refractivity contribution in [2.75, 3.05) is 49.1 Å². The molecule has 1 N–H and O–H groups in total. The summed E-state index contributed by atoms with van der Waals surface area (Å²) in [7, 11) is -2.03. The molecule has 0 unspecified atom stereocenters. The Morgan fingerprint density at radius 1 is 0.983 bits per heavy atom. The van der Waals surface area contributed by atoms with Crippen LogP contribution in [0.1, 0.15) is 123 Å². The molecule has 320 valence electrons. The molecule has 0 aliphatic carbocycles. The van der Waals surface area contributed by atoms with Crippen LogP contribution in [0.5, 0.6) is 11.6 Å². The van der Waals surface area contributed by atoms with Crippen molar-refractivity contribution < 1.29 is 19.4 Å². The van der Waals surface area contributed by atoms with E-state index in [1.165, 1.54) is 0 Å². The van der Waals surface area contributed by atoms with Crippen LogP contribution < -0.4 is 14.5 Å². The van der Waals surface area contributed by atoms with Crippen LogP contribution in [0.4, 0.5) is 16.3 Å². The molecular formula is C49H66N6O4Si. The number of fused-ring (bicyclic) bond motifs is 5. The Morgan fingerprint density at radius 3 is 2.27 bits per heavy atom. The molecule has 0 saturated carbocycles. The van der Waals surface area contributed by atoms with E-state index in [9.17, 15) is 15.2 Å². The molecule has 2 atom stereocenters. The Balaban J connectivity index is 1.21. The number of phenols is 1. The standard InChI is InChI=1S/C49H66N6O4Si/c1-32(2)60(33(3)4,34(5)6)24-18-35-13-10-14-36-25-39(56)26-43(44(35)36)52-23-17-40-42(30-52)41(27-50)46(58-31-49-19-11-21-54(49)22-12-20-49)51-45(40)55-37-15-16-38(55)29-53(28-37)47(57)59-48(7,8)9/h10,13-14,25-26,32-34,37-38,56H,11-12,15-17,19-23,28-31H2,1-9H3/t37-,38+. The van der Waals surface area contributed by atoms with Gasteiger partial charge in [-0.2, -0.15) is 10.2 Å². The number of nitrogens with zero attached hydrogens (tertiary/aromatic N) is 6. The summed E-state index contributed by atoms with van der Waals surface area (Å²) in [5, 5.41) is 24.2. The van der Waals surface area contributed by atoms with Crippen molar-refractivity contribution >= 4 is 36.4 Å². The van der Waals surface area contributed by atoms with Crippen LogP contribution in [0.3, 0.4) is 0 Å². The first-order valence-corrected chi connectivity index (χ1v) is 24.9. The fraction of sp³-hybridized carbons (Fsp3) is 0.612. The lowest BCUT2D eigenvalue weighted by Gasteiger charge is -2.44. The molecule has 6 heterocycles. The molecule has 3 aromatic rings. The van der Waals surface area contributed by atoms with Crippen molar-refractivity contribution in [3.63, 3.8) is 0 Å². The van der Waals surface area contributed by atoms with Crippen LogP contribution in [-0.4, -0.2) is 96.6 Å². The minimum atomic E-state index is -2.03. The molecule has 11 heteroatoms. The average molecular weight is 831 g/mol. The molecule has 2 aromatic carbocycles. The quantitative estimate of drug-likeness (QED) is 0.176. The fourth-order valence-electron chi connectivity index (χ4n) is 12.0. The highest BCUT2D eigenvalue weighted by Gasteiger charge is 2.47. The summed E-state index contributed by atoms with van der Waals surface area (Å²) in [6.07, 6.45) is 6.84. The molecule has 1 aromatic heterocycles. The lowest BCUT2D eigenvalue weighted by atomic mass is 9.93. The van der Waals surface area contributed by atoms with Gasteiger partial charge < -0.3 is 29.3 Å². The Labute approximate surface area is 359 Å². The number of carbonyl (C=O) groups is 1. The molecular weight excluding hydrogens is 765 g/mol. The molecule has 2 bridgehead atoms. The number of aromatic nitrogens is 1. The van der Waals surface area contributed by atoms with Gasteiger partial charge in [-0.1, -0.05) is 59.6 Å². The van der Waals surface area contributed by atoms with E-state index in [-0.39, 0.29) is 29.5 Å². The molecule has 8 rings (SSSR count). The predicted molar refractivity (Wildman–Crippen MR) is 243 cm³/mol. The number of likely N-dealkylation sites (tertiary alicyclic amines) is 1. The van der Waals surface area contributed by atoms with Crippen molar-refractivity contribution in [2.45, 2.75) is 154 Å². The maximum Gasteiger partial charge on any atom is 0.410 e. The maximum atomic E-state index is 13.3. The van der Waals surface area contributed by atoms with Crippen LogP contribution in [0.15, 0.2) is 30.3 Å². The summed E-state index contributed by atoms with van der Waals surface area (Å²) in [5.74, 6) is 5.27. The topological polar surface area (TPSA) is 105 Å². The molecule has 60 heavy (non-hydrogen) atoms. The van der Waals surface area contributed by atoms with E-state index in [0.717, 1.165) is 90.6 Å². The van der Waals surface area contributed by atoms with Gasteiger partial charge in [0.2, 0.25) is 5.88 Å². The Kier molecular flexibility index (Phi) is 11.3. The lowest BCUT2D eigenvalue weighted by Crippen LogP contribution is -2.57. The SMILES string of the molecule is CC(C)[Si](C#Cc1cccc2cc(O)cc(N3CCc4c(N5[C@@H]6CC[C@H]5CN(C(=O)OC(C)(C)C)C6)nc(OCC56CCCN5CCC6)c(C#N)c4C3)c12)(C(C)C)C(C)C. The number of carbonyl (C=O) groups excluding carboxylic acids is 1. The van der Waals surface area contributed by atoms with Crippen LogP contribution in [0.2, 0.25) is 16.6 Å². The van der Waals surface area contributed by atoms with E-state index in [1.807, 2.05) is 43.9 Å². The zero-order valence-corrected chi connectivity index (χ0v) is 38.5. The number of amides is 1. The molecule has 10 nitrogen and oxygen atoms in total. The zero-order chi connectivity index (χ0) is 42.7. The Bertz CT molecular complexity index is 2200. The van der Waals surface area contributed by atoms with Gasteiger partial charge in [0.25, 0.3) is 0 Å². The number of aromatic hydroxyl groups is 1. The summed E-state index contributed by atoms with van der Waals surface area (Å²) >= 11 is 0. The summed E-state index contributed by atoms with van der Waals surface area (Å²) in [6, 6.07) is 12.7. The molecule has 0 spiro atoms. The number of ether oxygens (including phenoxy) is 2. The van der Waals surface area contributed by atoms with E-state index in [2.05, 4.69) is 85.9 Å². The van der Waals surface area contributed by atoms with Gasteiger partial charge in [-0.25, -0.2) is 4.79 Å². The van der Waals surface area contributed by atoms with Gasteiger partial charge in [0.05, 0.1) is 5.54 Å². The molecule has 0 radical (unpaired) electrons. The average Bonchev–Trinajstić information content (AvgIpc) is 3.85. The van der Waals surface area contributed by atoms with E-state index < -0.39 is 13.7 Å². The number of benzene rings is 2. The van der Waals surface area contributed by atoms with Crippen LogP contribution in [0.25, 0.3) is 10.8 Å². The van der Waals surface area contributed by atoms with E-state index >= 15 is 0 Å². The summed E-state index contributed by atoms with van der Waals surface area (Å²) in [4.78, 5) is 27.9. The smallest absolute Gasteiger partial charge is 0.410 e. The number of rotatable bonds is 8. The molecule has 1 amide bonds. The summed E-state index contributed by atoms with van der Waals surface area (Å²) < 4.78 is 12.7. The van der Waals surface area contributed by atoms with Gasteiger partial charge in [0.15, 0.2) is 0 Å². The van der Waals surface area contributed by atoms with Crippen LogP contribution in [-0.2, 0) is 17.7 Å². The van der Waals surface area contributed by atoms with Gasteiger partial charge >= 0.3 is 6.09 Å². The number of phenolic OH excluding ortho intramolecular Hbond substituents is 1. The van der Waals surface area contributed by atoms with Crippen LogP contribution in [0, 0.1) is 22.8 Å². The molecule has 4 saturated heterocycles. The number of hydrogen-bond acceptors (Lipinski definition) is 9. The van der Waals surface area contributed by atoms with E-state index in [0.29, 0.717) is 67.3 Å². The Hall–Kier alpha value is -4.45. The van der Waals surface area contributed by atoms with Crippen LogP contribution >= 0.6 is 0 Å². The first kappa shape index (κ1) is 42.2. The van der Waals surface area contributed by atoms with Gasteiger partial charge in [-0.05, 0) is 113 Å². The Morgan fingerprint density at radius 2 is 1.65 bits per heavy atom. The third-order valence-corrected chi connectivity index (χ3v) is 21.0. The second kappa shape index (κ2) is 16.1. The monoisotopic (exact) mass is 830 g/mol. The largest absolute Gasteiger partial charge is 0.508 e. The minimum absolute atomic E-state index is 0.00630. The number of anilines is 2. The number of piperazine rings is 1. The second-order valence-corrected chi connectivity index (χ2v) is 25.8. The zero-order valence-electron chi connectivity index (χ0n) is 37.5. The highest BCUT2D eigenvalue weighted by molar-refractivity contribution is 6.90. The fourth-order valence-corrected chi connectivity index (χ4v) is 17.2. The third kappa shape index (κ3) is 7.48. The van der Waals surface area contributed by atoms with Gasteiger partial charge in [-0.3, -0.25) is 4.90 Å². The van der Waals surface area contributed by atoms with Gasteiger partial charge in [-0.15, -0.1) is 5.54 Å². The number of hydrogen-bond donors (Lipinski definition) is 1. The lowest BCUT2D eigenvalue weighted by molar-refractivity contribution is 0.0209. The van der Waals surface area contributed by atoms with Gasteiger partial charge in [0.1, 0.15) is 43.5 Å². The van der Waals surface area contributed by atoms with Crippen molar-refractivity contribution in [3.8, 4) is 29.2 Å².